The Kier molecular flexibility index (Phi) is 4.05. The quantitative estimate of drug-likeness (QED) is 0.806. The van der Waals surface area contributed by atoms with Crippen molar-refractivity contribution in [2.75, 3.05) is 6.26 Å². The summed E-state index contributed by atoms with van der Waals surface area (Å²) in [6.07, 6.45) is 8.92. The molecule has 6 heteroatoms. The lowest BCUT2D eigenvalue weighted by Gasteiger charge is -2.59. The number of carbonyl (C=O) groups excluding carboxylic acids is 1. The molecule has 4 fully saturated rings. The average molecular weight is 328 g/mol. The van der Waals surface area contributed by atoms with Gasteiger partial charge in [0.05, 0.1) is 12.3 Å². The summed E-state index contributed by atoms with van der Waals surface area (Å²) >= 11 is 0. The van der Waals surface area contributed by atoms with Crippen molar-refractivity contribution in [3.63, 3.8) is 0 Å². The average Bonchev–Trinajstić information content (AvgIpc) is 2.34. The summed E-state index contributed by atoms with van der Waals surface area (Å²) in [7, 11) is -3.36. The van der Waals surface area contributed by atoms with Crippen molar-refractivity contribution in [1.29, 1.82) is 0 Å². The molecule has 0 saturated heterocycles. The molecule has 4 aliphatic rings. The molecule has 4 aliphatic carbocycles. The monoisotopic (exact) mass is 328 g/mol. The number of hydrogen-bond donors (Lipinski definition) is 2. The molecule has 2 atom stereocenters. The Morgan fingerprint density at radius 2 is 1.50 bits per heavy atom. The van der Waals surface area contributed by atoms with Crippen molar-refractivity contribution >= 4 is 15.9 Å². The van der Waals surface area contributed by atoms with Crippen LogP contribution in [0.5, 0.6) is 0 Å². The van der Waals surface area contributed by atoms with Crippen molar-refractivity contribution in [3.8, 4) is 0 Å². The Labute approximate surface area is 133 Å². The summed E-state index contributed by atoms with van der Waals surface area (Å²) in [5.74, 6) is 2.32. The number of amides is 1. The maximum Gasteiger partial charge on any atom is 0.238 e. The number of hydrogen-bond acceptors (Lipinski definition) is 3. The van der Waals surface area contributed by atoms with Crippen LogP contribution in [0.2, 0.25) is 0 Å². The Bertz CT molecular complexity index is 522. The van der Waals surface area contributed by atoms with Gasteiger partial charge in [0.1, 0.15) is 0 Å². The Morgan fingerprint density at radius 3 is 1.91 bits per heavy atom. The summed E-state index contributed by atoms with van der Waals surface area (Å²) in [5, 5.41) is 3.09. The topological polar surface area (TPSA) is 75.3 Å². The molecule has 126 valence electrons. The highest BCUT2D eigenvalue weighted by atomic mass is 32.2. The van der Waals surface area contributed by atoms with Gasteiger partial charge in [-0.25, -0.2) is 13.1 Å². The molecule has 0 aliphatic heterocycles. The Hall–Kier alpha value is -0.620. The highest BCUT2D eigenvalue weighted by Crippen LogP contribution is 2.61. The van der Waals surface area contributed by atoms with Gasteiger partial charge in [-0.2, -0.15) is 0 Å². The number of carbonyl (C=O) groups is 1. The molecule has 0 spiro atoms. The van der Waals surface area contributed by atoms with Crippen LogP contribution in [0, 0.1) is 23.2 Å². The van der Waals surface area contributed by atoms with E-state index in [1.54, 1.807) is 6.92 Å². The normalized spacial score (nSPS) is 39.5. The minimum Gasteiger partial charge on any atom is -0.352 e. The third kappa shape index (κ3) is 3.18. The molecular formula is C16H28N2O3S. The summed E-state index contributed by atoms with van der Waals surface area (Å²) in [5.41, 5.74) is 0.245. The number of nitrogens with one attached hydrogen (secondary N) is 2. The molecule has 4 saturated carbocycles. The molecule has 0 aromatic rings. The van der Waals surface area contributed by atoms with Crippen LogP contribution in [0.25, 0.3) is 0 Å². The van der Waals surface area contributed by atoms with Crippen molar-refractivity contribution in [2.24, 2.45) is 23.2 Å². The first-order valence-electron chi connectivity index (χ1n) is 8.44. The smallest absolute Gasteiger partial charge is 0.238 e. The van der Waals surface area contributed by atoms with E-state index in [1.807, 2.05) is 0 Å². The number of rotatable bonds is 5. The molecule has 5 nitrogen and oxygen atoms in total. The fourth-order valence-electron chi connectivity index (χ4n) is 5.57. The van der Waals surface area contributed by atoms with Crippen LogP contribution >= 0.6 is 0 Å². The van der Waals surface area contributed by atoms with Gasteiger partial charge in [-0.3, -0.25) is 4.79 Å². The lowest BCUT2D eigenvalue weighted by molar-refractivity contribution is -0.127. The van der Waals surface area contributed by atoms with E-state index in [4.69, 9.17) is 0 Å². The first-order chi connectivity index (χ1) is 10.2. The maximum atomic E-state index is 12.3. The van der Waals surface area contributed by atoms with E-state index in [9.17, 15) is 13.2 Å². The molecule has 22 heavy (non-hydrogen) atoms. The minimum atomic E-state index is -3.36. The Balaban J connectivity index is 1.64. The van der Waals surface area contributed by atoms with Crippen LogP contribution in [-0.2, 0) is 14.8 Å². The molecule has 0 aromatic carbocycles. The van der Waals surface area contributed by atoms with Crippen molar-refractivity contribution < 1.29 is 13.2 Å². The SMILES string of the molecule is C[C@@H](NS(C)(=O)=O)C(=O)N[C@H](C)C12CC3CC(CC(C3)C1)C2. The van der Waals surface area contributed by atoms with Gasteiger partial charge in [0.2, 0.25) is 15.9 Å². The largest absolute Gasteiger partial charge is 0.352 e. The van der Waals surface area contributed by atoms with Gasteiger partial charge in [0.15, 0.2) is 0 Å². The van der Waals surface area contributed by atoms with Gasteiger partial charge in [-0.05, 0) is 75.5 Å². The maximum absolute atomic E-state index is 12.3. The second-order valence-electron chi connectivity index (χ2n) is 8.12. The van der Waals surface area contributed by atoms with E-state index in [0.29, 0.717) is 0 Å². The van der Waals surface area contributed by atoms with Crippen LogP contribution in [-0.4, -0.2) is 32.7 Å². The highest BCUT2D eigenvalue weighted by molar-refractivity contribution is 7.88. The zero-order valence-electron chi connectivity index (χ0n) is 13.8. The minimum absolute atomic E-state index is 0.122. The first-order valence-corrected chi connectivity index (χ1v) is 10.3. The van der Waals surface area contributed by atoms with E-state index in [1.165, 1.54) is 38.5 Å². The van der Waals surface area contributed by atoms with E-state index in [0.717, 1.165) is 24.0 Å². The molecule has 2 N–H and O–H groups in total. The van der Waals surface area contributed by atoms with E-state index in [2.05, 4.69) is 17.0 Å². The van der Waals surface area contributed by atoms with Crippen LogP contribution in [0.4, 0.5) is 0 Å². The first kappa shape index (κ1) is 16.2. The summed E-state index contributed by atoms with van der Waals surface area (Å²) in [6.45, 7) is 3.71. The van der Waals surface area contributed by atoms with E-state index < -0.39 is 16.1 Å². The van der Waals surface area contributed by atoms with Gasteiger partial charge < -0.3 is 5.32 Å². The van der Waals surface area contributed by atoms with Crippen LogP contribution in [0.1, 0.15) is 52.4 Å². The van der Waals surface area contributed by atoms with Crippen LogP contribution in [0.15, 0.2) is 0 Å². The van der Waals surface area contributed by atoms with Gasteiger partial charge >= 0.3 is 0 Å². The summed E-state index contributed by atoms with van der Waals surface area (Å²) < 4.78 is 24.9. The number of sulfonamides is 1. The zero-order chi connectivity index (χ0) is 16.1. The second-order valence-corrected chi connectivity index (χ2v) is 9.90. The van der Waals surface area contributed by atoms with Crippen molar-refractivity contribution in [1.82, 2.24) is 10.0 Å². The van der Waals surface area contributed by atoms with Gasteiger partial charge in [-0.15, -0.1) is 0 Å². The molecule has 0 radical (unpaired) electrons. The fourth-order valence-corrected chi connectivity index (χ4v) is 6.32. The van der Waals surface area contributed by atoms with Crippen LogP contribution < -0.4 is 10.0 Å². The molecular weight excluding hydrogens is 300 g/mol. The van der Waals surface area contributed by atoms with Gasteiger partial charge in [0.25, 0.3) is 0 Å². The molecule has 0 heterocycles. The standard InChI is InChI=1S/C16H28N2O3S/c1-10(18-22(3,20)21)15(19)17-11(2)16-7-12-4-13(8-16)6-14(5-12)9-16/h10-14,18H,4-9H2,1-3H3,(H,17,19)/t10-,11-,12?,13?,14?,16?/m1/s1. The molecule has 4 rings (SSSR count). The lowest BCUT2D eigenvalue weighted by Crippen LogP contribution is -2.58. The van der Waals surface area contributed by atoms with Crippen molar-refractivity contribution in [3.05, 3.63) is 0 Å². The van der Waals surface area contributed by atoms with Gasteiger partial charge in [0, 0.05) is 6.04 Å². The van der Waals surface area contributed by atoms with Gasteiger partial charge in [-0.1, -0.05) is 0 Å². The third-order valence-corrected chi connectivity index (χ3v) is 6.93. The molecule has 0 unspecified atom stereocenters. The second kappa shape index (κ2) is 5.48. The van der Waals surface area contributed by atoms with E-state index in [-0.39, 0.29) is 17.4 Å². The highest BCUT2D eigenvalue weighted by Gasteiger charge is 2.53. The van der Waals surface area contributed by atoms with Crippen molar-refractivity contribution in [2.45, 2.75) is 64.5 Å². The zero-order valence-corrected chi connectivity index (χ0v) is 14.6. The fraction of sp³-hybridized carbons (Fsp3) is 0.938. The molecule has 4 bridgehead atoms. The summed E-state index contributed by atoms with van der Waals surface area (Å²) in [4.78, 5) is 12.3. The predicted octanol–water partition coefficient (Wildman–Crippen LogP) is 1.65. The summed E-state index contributed by atoms with van der Waals surface area (Å²) in [6, 6.07) is -0.594. The van der Waals surface area contributed by atoms with E-state index >= 15 is 0 Å². The molecule has 0 aromatic heterocycles. The third-order valence-electron chi connectivity index (χ3n) is 6.15. The lowest BCUT2D eigenvalue weighted by atomic mass is 9.48. The van der Waals surface area contributed by atoms with Crippen LogP contribution in [0.3, 0.4) is 0 Å². The molecule has 1 amide bonds. The predicted molar refractivity (Wildman–Crippen MR) is 85.7 cm³/mol. The Morgan fingerprint density at radius 1 is 1.05 bits per heavy atom.